The van der Waals surface area contributed by atoms with Crippen molar-refractivity contribution in [2.75, 3.05) is 0 Å². The third-order valence-corrected chi connectivity index (χ3v) is 6.56. The lowest BCUT2D eigenvalue weighted by Gasteiger charge is -2.29. The Morgan fingerprint density at radius 2 is 1.69 bits per heavy atom. The van der Waals surface area contributed by atoms with E-state index in [4.69, 9.17) is 21.3 Å². The lowest BCUT2D eigenvalue weighted by atomic mass is 9.90. The molecule has 0 spiro atoms. The molecular weight excluding hydrogens is 458 g/mol. The van der Waals surface area contributed by atoms with E-state index in [0.29, 0.717) is 11.6 Å². The van der Waals surface area contributed by atoms with Crippen molar-refractivity contribution in [2.45, 2.75) is 66.7 Å². The first-order valence-corrected chi connectivity index (χ1v) is 12.2. The van der Waals surface area contributed by atoms with Gasteiger partial charge in [-0.3, -0.25) is 9.78 Å². The lowest BCUT2D eigenvalue weighted by molar-refractivity contribution is -0.138. The average Bonchev–Trinajstić information content (AvgIpc) is 3.02. The van der Waals surface area contributed by atoms with Gasteiger partial charge in [-0.1, -0.05) is 23.7 Å². The Morgan fingerprint density at radius 1 is 1.06 bits per heavy atom. The Bertz CT molecular complexity index is 1380. The standard InChI is InChI=1S/C29H32ClN3O2/c1-17-19(3)33(16-21-12-14-31-15-13-21)28-24(17)26(22-8-10-23(30)11-9-22)25(18(2)32-28)27(20(4)34)35-29(5,6)7/h8-15,27H,16H2,1-7H3/t27-/m1/s1. The number of ether oxygens (including phenoxy) is 1. The maximum Gasteiger partial charge on any atom is 0.163 e. The van der Waals surface area contributed by atoms with Crippen LogP contribution in [-0.4, -0.2) is 25.9 Å². The minimum atomic E-state index is -0.735. The van der Waals surface area contributed by atoms with Gasteiger partial charge in [-0.15, -0.1) is 0 Å². The first-order chi connectivity index (χ1) is 16.5. The maximum atomic E-state index is 13.0. The van der Waals surface area contributed by atoms with Crippen LogP contribution in [0.4, 0.5) is 0 Å². The summed E-state index contributed by atoms with van der Waals surface area (Å²) in [4.78, 5) is 22.2. The SMILES string of the molecule is CC(=O)[C@@H](OC(C)(C)C)c1c(C)nc2c(c(C)c(C)n2Cc2ccncc2)c1-c1ccc(Cl)cc1. The summed E-state index contributed by atoms with van der Waals surface area (Å²) in [6.07, 6.45) is 2.88. The number of aryl methyl sites for hydroxylation is 2. The van der Waals surface area contributed by atoms with Gasteiger partial charge in [0.15, 0.2) is 5.78 Å². The van der Waals surface area contributed by atoms with Crippen LogP contribution in [0.1, 0.15) is 61.9 Å². The molecule has 0 fully saturated rings. The maximum absolute atomic E-state index is 13.0. The molecule has 0 unspecified atom stereocenters. The predicted octanol–water partition coefficient (Wildman–Crippen LogP) is 7.17. The predicted molar refractivity (Wildman–Crippen MR) is 142 cm³/mol. The Labute approximate surface area is 212 Å². The van der Waals surface area contributed by atoms with Crippen LogP contribution in [0, 0.1) is 20.8 Å². The van der Waals surface area contributed by atoms with E-state index >= 15 is 0 Å². The van der Waals surface area contributed by atoms with Gasteiger partial charge in [0.1, 0.15) is 11.8 Å². The molecule has 4 aromatic rings. The monoisotopic (exact) mass is 489 g/mol. The first kappa shape index (κ1) is 25.1. The highest BCUT2D eigenvalue weighted by atomic mass is 35.5. The summed E-state index contributed by atoms with van der Waals surface area (Å²) >= 11 is 6.24. The second kappa shape index (κ2) is 9.56. The van der Waals surface area contributed by atoms with Crippen molar-refractivity contribution < 1.29 is 9.53 Å². The van der Waals surface area contributed by atoms with Crippen LogP contribution < -0.4 is 0 Å². The number of carbonyl (C=O) groups excluding carboxylic acids is 1. The van der Waals surface area contributed by atoms with E-state index in [0.717, 1.165) is 50.2 Å². The van der Waals surface area contributed by atoms with E-state index < -0.39 is 11.7 Å². The van der Waals surface area contributed by atoms with Gasteiger partial charge in [0, 0.05) is 51.9 Å². The molecule has 35 heavy (non-hydrogen) atoms. The Hall–Kier alpha value is -3.02. The average molecular weight is 490 g/mol. The molecule has 0 saturated carbocycles. The third-order valence-electron chi connectivity index (χ3n) is 6.31. The molecule has 0 N–H and O–H groups in total. The fraction of sp³-hybridized carbons (Fsp3) is 0.345. The molecule has 6 heteroatoms. The number of hydrogen-bond donors (Lipinski definition) is 0. The van der Waals surface area contributed by atoms with E-state index in [2.05, 4.69) is 23.4 Å². The van der Waals surface area contributed by atoms with Crippen molar-refractivity contribution in [3.8, 4) is 11.1 Å². The highest BCUT2D eigenvalue weighted by Gasteiger charge is 2.31. The minimum absolute atomic E-state index is 0.0509. The Balaban J connectivity index is 2.08. The molecule has 0 saturated heterocycles. The number of ketones is 1. The third kappa shape index (κ3) is 5.02. The van der Waals surface area contributed by atoms with Gasteiger partial charge in [0.25, 0.3) is 0 Å². The normalized spacial score (nSPS) is 12.8. The van der Waals surface area contributed by atoms with Crippen LogP contribution in [0.15, 0.2) is 48.8 Å². The van der Waals surface area contributed by atoms with Crippen LogP contribution in [-0.2, 0) is 16.1 Å². The number of pyridine rings is 2. The van der Waals surface area contributed by atoms with E-state index in [1.807, 2.05) is 64.1 Å². The molecule has 0 aliphatic rings. The summed E-state index contributed by atoms with van der Waals surface area (Å²) in [6.45, 7) is 14.4. The van der Waals surface area contributed by atoms with Crippen molar-refractivity contribution in [2.24, 2.45) is 0 Å². The number of rotatable bonds is 6. The molecule has 182 valence electrons. The quantitative estimate of drug-likeness (QED) is 0.288. The van der Waals surface area contributed by atoms with Crippen LogP contribution in [0.5, 0.6) is 0 Å². The topological polar surface area (TPSA) is 57.0 Å². The van der Waals surface area contributed by atoms with E-state index in [9.17, 15) is 4.79 Å². The van der Waals surface area contributed by atoms with Crippen LogP contribution in [0.2, 0.25) is 5.02 Å². The summed E-state index contributed by atoms with van der Waals surface area (Å²) in [7, 11) is 0. The number of fused-ring (bicyclic) bond motifs is 1. The smallest absolute Gasteiger partial charge is 0.163 e. The Morgan fingerprint density at radius 3 is 2.26 bits per heavy atom. The second-order valence-corrected chi connectivity index (χ2v) is 10.5. The molecule has 4 rings (SSSR count). The van der Waals surface area contributed by atoms with E-state index in [1.165, 1.54) is 0 Å². The molecule has 0 amide bonds. The van der Waals surface area contributed by atoms with E-state index in [1.54, 1.807) is 19.3 Å². The summed E-state index contributed by atoms with van der Waals surface area (Å²) in [5.41, 5.74) is 7.34. The number of nitrogens with zero attached hydrogens (tertiary/aromatic N) is 3. The number of Topliss-reactive ketones (excluding diaryl/α,β-unsaturated/α-hetero) is 1. The second-order valence-electron chi connectivity index (χ2n) is 10.1. The zero-order valence-electron chi connectivity index (χ0n) is 21.4. The fourth-order valence-corrected chi connectivity index (χ4v) is 4.72. The summed E-state index contributed by atoms with van der Waals surface area (Å²) in [5.74, 6) is -0.0509. The first-order valence-electron chi connectivity index (χ1n) is 11.8. The van der Waals surface area contributed by atoms with Crippen molar-refractivity contribution >= 4 is 28.4 Å². The zero-order valence-corrected chi connectivity index (χ0v) is 22.2. The number of benzene rings is 1. The molecule has 0 aliphatic carbocycles. The van der Waals surface area contributed by atoms with Crippen molar-refractivity contribution in [3.63, 3.8) is 0 Å². The largest absolute Gasteiger partial charge is 0.360 e. The van der Waals surface area contributed by atoms with Crippen LogP contribution in [0.3, 0.4) is 0 Å². The number of aromatic nitrogens is 3. The Kier molecular flexibility index (Phi) is 6.85. The van der Waals surface area contributed by atoms with Gasteiger partial charge in [0.05, 0.1) is 5.60 Å². The van der Waals surface area contributed by atoms with Gasteiger partial charge in [-0.05, 0) is 89.4 Å². The van der Waals surface area contributed by atoms with Gasteiger partial charge in [-0.25, -0.2) is 4.98 Å². The molecule has 5 nitrogen and oxygen atoms in total. The van der Waals surface area contributed by atoms with Crippen LogP contribution >= 0.6 is 11.6 Å². The fourth-order valence-electron chi connectivity index (χ4n) is 4.60. The summed E-state index contributed by atoms with van der Waals surface area (Å²) < 4.78 is 8.58. The highest BCUT2D eigenvalue weighted by molar-refractivity contribution is 6.30. The van der Waals surface area contributed by atoms with Gasteiger partial charge in [0.2, 0.25) is 0 Å². The van der Waals surface area contributed by atoms with Gasteiger partial charge < -0.3 is 9.30 Å². The summed E-state index contributed by atoms with van der Waals surface area (Å²) in [6, 6.07) is 11.8. The molecule has 0 bridgehead atoms. The van der Waals surface area contributed by atoms with Crippen LogP contribution in [0.25, 0.3) is 22.2 Å². The van der Waals surface area contributed by atoms with Crippen molar-refractivity contribution in [3.05, 3.63) is 81.9 Å². The number of halogens is 1. The molecule has 3 aromatic heterocycles. The number of hydrogen-bond acceptors (Lipinski definition) is 4. The van der Waals surface area contributed by atoms with E-state index in [-0.39, 0.29) is 5.78 Å². The molecule has 3 heterocycles. The molecule has 0 aliphatic heterocycles. The minimum Gasteiger partial charge on any atom is -0.360 e. The van der Waals surface area contributed by atoms with Gasteiger partial charge >= 0.3 is 0 Å². The molecular formula is C29H32ClN3O2. The molecule has 0 radical (unpaired) electrons. The molecule has 1 atom stereocenters. The van der Waals surface area contributed by atoms with Crippen molar-refractivity contribution in [1.29, 1.82) is 0 Å². The molecule has 1 aromatic carbocycles. The van der Waals surface area contributed by atoms with Crippen molar-refractivity contribution in [1.82, 2.24) is 14.5 Å². The summed E-state index contributed by atoms with van der Waals surface area (Å²) in [5, 5.41) is 1.69. The number of carbonyl (C=O) groups is 1. The lowest BCUT2D eigenvalue weighted by Crippen LogP contribution is -2.27. The van der Waals surface area contributed by atoms with Gasteiger partial charge in [-0.2, -0.15) is 0 Å². The highest BCUT2D eigenvalue weighted by Crippen LogP contribution is 2.42. The zero-order chi connectivity index (χ0) is 25.5.